The Bertz CT molecular complexity index is 700. The van der Waals surface area contributed by atoms with E-state index in [0.29, 0.717) is 0 Å². The molecule has 1 aromatic carbocycles. The van der Waals surface area contributed by atoms with Gasteiger partial charge in [0.05, 0.1) is 7.11 Å². The zero-order valence-corrected chi connectivity index (χ0v) is 13.9. The number of ether oxygens (including phenoxy) is 1. The lowest BCUT2D eigenvalue weighted by atomic mass is 9.63. The minimum atomic E-state index is -1.43. The maximum absolute atomic E-state index is 12.6. The molecule has 24 heavy (non-hydrogen) atoms. The molecule has 1 fully saturated rings. The van der Waals surface area contributed by atoms with Crippen LogP contribution in [-0.2, 0) is 23.9 Å². The zero-order valence-electron chi connectivity index (χ0n) is 13.9. The summed E-state index contributed by atoms with van der Waals surface area (Å²) in [5.41, 5.74) is -0.0762. The third kappa shape index (κ3) is 3.50. The van der Waals surface area contributed by atoms with Gasteiger partial charge in [0, 0.05) is 6.42 Å². The summed E-state index contributed by atoms with van der Waals surface area (Å²) in [6, 6.07) is 9.08. The van der Waals surface area contributed by atoms with Gasteiger partial charge in [-0.2, -0.15) is 0 Å². The average molecular weight is 328 g/mol. The van der Waals surface area contributed by atoms with Crippen LogP contribution in [0.5, 0.6) is 0 Å². The summed E-state index contributed by atoms with van der Waals surface area (Å²) >= 11 is 0. The van der Waals surface area contributed by atoms with Gasteiger partial charge in [-0.05, 0) is 17.1 Å². The van der Waals surface area contributed by atoms with Crippen molar-refractivity contribution in [2.24, 2.45) is 17.3 Å². The highest BCUT2D eigenvalue weighted by atomic mass is 16.5. The van der Waals surface area contributed by atoms with E-state index in [4.69, 9.17) is 0 Å². The smallest absolute Gasteiger partial charge is 0.316 e. The van der Waals surface area contributed by atoms with Gasteiger partial charge in [0.2, 0.25) is 0 Å². The lowest BCUT2D eigenvalue weighted by Gasteiger charge is -2.37. The van der Waals surface area contributed by atoms with Crippen LogP contribution < -0.4 is 0 Å². The van der Waals surface area contributed by atoms with Crippen molar-refractivity contribution in [2.75, 3.05) is 7.11 Å². The maximum Gasteiger partial charge on any atom is 0.316 e. The van der Waals surface area contributed by atoms with Crippen LogP contribution in [0.15, 0.2) is 36.4 Å². The van der Waals surface area contributed by atoms with E-state index < -0.39 is 40.6 Å². The molecule has 0 heterocycles. The summed E-state index contributed by atoms with van der Waals surface area (Å²) in [6.07, 6.45) is 2.76. The molecule has 1 saturated carbocycles. The Labute approximate surface area is 140 Å². The Hall–Kier alpha value is -2.56. The lowest BCUT2D eigenvalue weighted by molar-refractivity contribution is -0.161. The van der Waals surface area contributed by atoms with Crippen molar-refractivity contribution in [2.45, 2.75) is 20.3 Å². The summed E-state index contributed by atoms with van der Waals surface area (Å²) in [5, 5.41) is 0. The third-order valence-electron chi connectivity index (χ3n) is 4.26. The molecule has 0 aromatic heterocycles. The number of Topliss-reactive ketones (excluding diaryl/α,β-unsaturated/α-hetero) is 2. The molecule has 2 rings (SSSR count). The monoisotopic (exact) mass is 328 g/mol. The van der Waals surface area contributed by atoms with Gasteiger partial charge in [0.15, 0.2) is 17.3 Å². The van der Waals surface area contributed by atoms with Gasteiger partial charge in [0.1, 0.15) is 11.8 Å². The first kappa shape index (κ1) is 17.8. The predicted octanol–water partition coefficient (Wildman–Crippen LogP) is 2.24. The van der Waals surface area contributed by atoms with Gasteiger partial charge in [-0.25, -0.2) is 0 Å². The third-order valence-corrected chi connectivity index (χ3v) is 4.26. The Morgan fingerprint density at radius 1 is 1.17 bits per heavy atom. The number of rotatable bonds is 4. The number of allylic oxidation sites excluding steroid dienone is 1. The van der Waals surface area contributed by atoms with Crippen molar-refractivity contribution in [3.63, 3.8) is 0 Å². The highest BCUT2D eigenvalue weighted by Gasteiger charge is 2.53. The topological polar surface area (TPSA) is 77.5 Å². The Kier molecular flexibility index (Phi) is 5.12. The van der Waals surface area contributed by atoms with Crippen LogP contribution in [0.2, 0.25) is 0 Å². The predicted molar refractivity (Wildman–Crippen MR) is 87.9 cm³/mol. The van der Waals surface area contributed by atoms with Crippen LogP contribution in [0.25, 0.3) is 6.08 Å². The molecular formula is C19H20O5. The van der Waals surface area contributed by atoms with Gasteiger partial charge in [-0.3, -0.25) is 19.2 Å². The molecule has 0 bridgehead atoms. The molecular weight excluding hydrogens is 308 g/mol. The second-order valence-corrected chi connectivity index (χ2v) is 6.57. The zero-order chi connectivity index (χ0) is 17.9. The van der Waals surface area contributed by atoms with E-state index >= 15 is 0 Å². The molecule has 5 heteroatoms. The average Bonchev–Trinajstić information content (AvgIpc) is 2.52. The quantitative estimate of drug-likeness (QED) is 0.481. The molecule has 0 N–H and O–H groups in total. The van der Waals surface area contributed by atoms with Gasteiger partial charge in [-0.15, -0.1) is 0 Å². The van der Waals surface area contributed by atoms with E-state index in [-0.39, 0.29) is 6.42 Å². The Morgan fingerprint density at radius 3 is 2.38 bits per heavy atom. The first-order chi connectivity index (χ1) is 11.3. The van der Waals surface area contributed by atoms with Crippen LogP contribution in [0.3, 0.4) is 0 Å². The Balaban J connectivity index is 2.27. The summed E-state index contributed by atoms with van der Waals surface area (Å²) in [7, 11) is 1.19. The highest BCUT2D eigenvalue weighted by molar-refractivity contribution is 6.27. The number of carbonyl (C=O) groups excluding carboxylic acids is 4. The molecule has 1 aliphatic carbocycles. The van der Waals surface area contributed by atoms with Gasteiger partial charge < -0.3 is 4.74 Å². The second kappa shape index (κ2) is 6.91. The van der Waals surface area contributed by atoms with Crippen molar-refractivity contribution in [3.05, 3.63) is 42.0 Å². The van der Waals surface area contributed by atoms with E-state index in [2.05, 4.69) is 4.74 Å². The number of ketones is 3. The normalized spacial score (nSPS) is 23.3. The largest absolute Gasteiger partial charge is 0.468 e. The molecule has 1 aliphatic rings. The molecule has 0 spiro atoms. The summed E-state index contributed by atoms with van der Waals surface area (Å²) < 4.78 is 4.69. The number of benzene rings is 1. The van der Waals surface area contributed by atoms with Crippen molar-refractivity contribution >= 4 is 29.4 Å². The summed E-state index contributed by atoms with van der Waals surface area (Å²) in [5.74, 6) is -4.97. The maximum atomic E-state index is 12.6. The standard InChI is InChI=1S/C19H20O5/c1-19(2)11-14(21)15(17(22)16(19)18(23)24-3)13(20)10-9-12-7-5-4-6-8-12/h4-10,15-16H,11H2,1-3H3/b10-9+/t15-,16-/m0/s1. The number of hydrogen-bond donors (Lipinski definition) is 0. The number of hydrogen-bond acceptors (Lipinski definition) is 5. The SMILES string of the molecule is COC(=O)[C@@H]1C(=O)[C@@H](C(=O)/C=C/c2ccccc2)C(=O)CC1(C)C. The fourth-order valence-corrected chi connectivity index (χ4v) is 3.05. The summed E-state index contributed by atoms with van der Waals surface area (Å²) in [4.78, 5) is 49.3. The van der Waals surface area contributed by atoms with Crippen LogP contribution in [-0.4, -0.2) is 30.4 Å². The molecule has 126 valence electrons. The van der Waals surface area contributed by atoms with Crippen LogP contribution in [0.4, 0.5) is 0 Å². The molecule has 5 nitrogen and oxygen atoms in total. The lowest BCUT2D eigenvalue weighted by Crippen LogP contribution is -2.51. The molecule has 0 amide bonds. The van der Waals surface area contributed by atoms with E-state index in [1.165, 1.54) is 13.2 Å². The Morgan fingerprint density at radius 2 is 1.79 bits per heavy atom. The second-order valence-electron chi connectivity index (χ2n) is 6.57. The molecule has 1 aromatic rings. The highest BCUT2D eigenvalue weighted by Crippen LogP contribution is 2.40. The van der Waals surface area contributed by atoms with Crippen molar-refractivity contribution in [3.8, 4) is 0 Å². The fourth-order valence-electron chi connectivity index (χ4n) is 3.05. The van der Waals surface area contributed by atoms with Crippen LogP contribution >= 0.6 is 0 Å². The fraction of sp³-hybridized carbons (Fsp3) is 0.368. The van der Waals surface area contributed by atoms with Crippen LogP contribution in [0.1, 0.15) is 25.8 Å². The number of esters is 1. The summed E-state index contributed by atoms with van der Waals surface area (Å²) in [6.45, 7) is 3.32. The van der Waals surface area contributed by atoms with E-state index in [1.807, 2.05) is 18.2 Å². The number of methoxy groups -OCH3 is 1. The molecule has 2 atom stereocenters. The van der Waals surface area contributed by atoms with Gasteiger partial charge >= 0.3 is 5.97 Å². The van der Waals surface area contributed by atoms with Gasteiger partial charge in [-0.1, -0.05) is 50.3 Å². The van der Waals surface area contributed by atoms with Crippen molar-refractivity contribution in [1.29, 1.82) is 0 Å². The van der Waals surface area contributed by atoms with Crippen molar-refractivity contribution in [1.82, 2.24) is 0 Å². The van der Waals surface area contributed by atoms with E-state index in [0.717, 1.165) is 5.56 Å². The minimum Gasteiger partial charge on any atom is -0.468 e. The minimum absolute atomic E-state index is 0.0198. The van der Waals surface area contributed by atoms with Crippen LogP contribution in [0, 0.1) is 17.3 Å². The molecule has 0 unspecified atom stereocenters. The van der Waals surface area contributed by atoms with E-state index in [1.54, 1.807) is 32.1 Å². The van der Waals surface area contributed by atoms with Gasteiger partial charge in [0.25, 0.3) is 0 Å². The molecule has 0 aliphatic heterocycles. The van der Waals surface area contributed by atoms with Crippen molar-refractivity contribution < 1.29 is 23.9 Å². The number of carbonyl (C=O) groups is 4. The van der Waals surface area contributed by atoms with E-state index in [9.17, 15) is 19.2 Å². The molecule has 0 saturated heterocycles. The first-order valence-electron chi connectivity index (χ1n) is 7.69. The molecule has 0 radical (unpaired) electrons. The first-order valence-corrected chi connectivity index (χ1v) is 7.69.